The monoisotopic (exact) mass is 275 g/mol. The van der Waals surface area contributed by atoms with E-state index in [1.807, 2.05) is 12.1 Å². The molecule has 0 amide bonds. The number of aliphatic hydroxyl groups is 1. The smallest absolute Gasteiger partial charge is 0.125 e. The zero-order chi connectivity index (χ0) is 14.1. The molecule has 20 heavy (non-hydrogen) atoms. The lowest BCUT2D eigenvalue weighted by atomic mass is 9.91. The minimum absolute atomic E-state index is 0.106. The second-order valence-corrected chi connectivity index (χ2v) is 6.16. The van der Waals surface area contributed by atoms with Gasteiger partial charge in [-0.3, -0.25) is 4.90 Å². The number of fused-ring (bicyclic) bond motifs is 1. The topological polar surface area (TPSA) is 32.7 Å². The summed E-state index contributed by atoms with van der Waals surface area (Å²) in [7, 11) is 0. The lowest BCUT2D eigenvalue weighted by molar-refractivity contribution is -0.0293. The van der Waals surface area contributed by atoms with Crippen LogP contribution in [0.1, 0.15) is 49.8 Å². The van der Waals surface area contributed by atoms with Crippen molar-refractivity contribution in [1.82, 2.24) is 4.90 Å². The second kappa shape index (κ2) is 5.74. The summed E-state index contributed by atoms with van der Waals surface area (Å²) >= 11 is 0. The van der Waals surface area contributed by atoms with Crippen molar-refractivity contribution in [3.05, 3.63) is 29.3 Å². The van der Waals surface area contributed by atoms with E-state index >= 15 is 0 Å². The molecule has 0 aliphatic carbocycles. The van der Waals surface area contributed by atoms with Crippen LogP contribution in [0.2, 0.25) is 0 Å². The fourth-order valence-corrected chi connectivity index (χ4v) is 3.68. The van der Waals surface area contributed by atoms with E-state index in [1.54, 1.807) is 0 Å². The maximum atomic E-state index is 10.8. The number of rotatable bonds is 2. The van der Waals surface area contributed by atoms with Gasteiger partial charge in [-0.1, -0.05) is 25.0 Å². The number of hydrogen-bond donors (Lipinski definition) is 1. The van der Waals surface area contributed by atoms with Crippen LogP contribution in [-0.2, 0) is 0 Å². The highest BCUT2D eigenvalue weighted by molar-refractivity contribution is 5.40. The van der Waals surface area contributed by atoms with E-state index in [0.717, 1.165) is 24.3 Å². The van der Waals surface area contributed by atoms with Crippen molar-refractivity contribution in [2.75, 3.05) is 13.2 Å². The van der Waals surface area contributed by atoms with Crippen LogP contribution in [0.4, 0.5) is 0 Å². The van der Waals surface area contributed by atoms with Crippen molar-refractivity contribution in [3.8, 4) is 5.75 Å². The van der Waals surface area contributed by atoms with E-state index in [1.165, 1.54) is 24.8 Å². The fraction of sp³-hybridized carbons (Fsp3) is 0.647. The predicted molar refractivity (Wildman–Crippen MR) is 80.1 cm³/mol. The second-order valence-electron chi connectivity index (χ2n) is 6.16. The lowest BCUT2D eigenvalue weighted by Gasteiger charge is -2.44. The van der Waals surface area contributed by atoms with Gasteiger partial charge in [-0.2, -0.15) is 0 Å². The first-order valence-corrected chi connectivity index (χ1v) is 7.88. The Balaban J connectivity index is 1.85. The Morgan fingerprint density at radius 2 is 2.20 bits per heavy atom. The van der Waals surface area contributed by atoms with Crippen LogP contribution in [0.5, 0.6) is 5.75 Å². The Labute approximate surface area is 121 Å². The molecule has 1 aromatic carbocycles. The first-order valence-electron chi connectivity index (χ1n) is 7.88. The van der Waals surface area contributed by atoms with Crippen molar-refractivity contribution in [3.63, 3.8) is 0 Å². The van der Waals surface area contributed by atoms with Crippen LogP contribution in [0, 0.1) is 6.92 Å². The van der Waals surface area contributed by atoms with Crippen LogP contribution < -0.4 is 4.74 Å². The highest BCUT2D eigenvalue weighted by atomic mass is 16.5. The molecule has 1 N–H and O–H groups in total. The maximum absolute atomic E-state index is 10.8. The SMILES string of the molecule is CCC1CCCCN1C1COc2ccc(C)cc2C1O. The quantitative estimate of drug-likeness (QED) is 0.900. The van der Waals surface area contributed by atoms with Gasteiger partial charge < -0.3 is 9.84 Å². The Hall–Kier alpha value is -1.06. The summed E-state index contributed by atoms with van der Waals surface area (Å²) in [5.74, 6) is 0.851. The molecule has 2 aliphatic heterocycles. The molecule has 2 heterocycles. The lowest BCUT2D eigenvalue weighted by Crippen LogP contribution is -2.52. The van der Waals surface area contributed by atoms with Crippen molar-refractivity contribution >= 4 is 0 Å². The first-order chi connectivity index (χ1) is 9.70. The zero-order valence-electron chi connectivity index (χ0n) is 12.5. The average molecular weight is 275 g/mol. The molecule has 0 aromatic heterocycles. The standard InChI is InChI=1S/C17H25NO2/c1-3-13-6-4-5-9-18(13)15-11-20-16-8-7-12(2)10-14(16)17(15)19/h7-8,10,13,15,17,19H,3-6,9,11H2,1-2H3. The van der Waals surface area contributed by atoms with Crippen molar-refractivity contribution in [2.24, 2.45) is 0 Å². The Kier molecular flexibility index (Phi) is 3.99. The normalized spacial score (nSPS) is 30.6. The summed E-state index contributed by atoms with van der Waals surface area (Å²) < 4.78 is 5.91. The number of ether oxygens (including phenoxy) is 1. The summed E-state index contributed by atoms with van der Waals surface area (Å²) in [6, 6.07) is 6.80. The number of benzene rings is 1. The number of aryl methyl sites for hydroxylation is 1. The molecule has 2 aliphatic rings. The van der Waals surface area contributed by atoms with E-state index in [9.17, 15) is 5.11 Å². The largest absolute Gasteiger partial charge is 0.491 e. The van der Waals surface area contributed by atoms with Gasteiger partial charge in [0.15, 0.2) is 0 Å². The molecule has 110 valence electrons. The Morgan fingerprint density at radius 1 is 1.35 bits per heavy atom. The maximum Gasteiger partial charge on any atom is 0.125 e. The average Bonchev–Trinajstić information content (AvgIpc) is 2.48. The first kappa shape index (κ1) is 13.9. The third kappa shape index (κ3) is 2.45. The molecule has 3 unspecified atom stereocenters. The molecule has 3 atom stereocenters. The molecule has 0 radical (unpaired) electrons. The van der Waals surface area contributed by atoms with Crippen LogP contribution >= 0.6 is 0 Å². The van der Waals surface area contributed by atoms with Gasteiger partial charge in [0.2, 0.25) is 0 Å². The van der Waals surface area contributed by atoms with E-state index in [0.29, 0.717) is 12.6 Å². The van der Waals surface area contributed by atoms with Crippen LogP contribution in [-0.4, -0.2) is 35.2 Å². The minimum atomic E-state index is -0.425. The fourth-order valence-electron chi connectivity index (χ4n) is 3.68. The molecule has 0 saturated carbocycles. The minimum Gasteiger partial charge on any atom is -0.491 e. The van der Waals surface area contributed by atoms with Crippen LogP contribution in [0.15, 0.2) is 18.2 Å². The molecule has 1 saturated heterocycles. The van der Waals surface area contributed by atoms with Crippen molar-refractivity contribution in [1.29, 1.82) is 0 Å². The molecule has 0 spiro atoms. The molecular weight excluding hydrogens is 250 g/mol. The molecule has 3 nitrogen and oxygen atoms in total. The number of hydrogen-bond acceptors (Lipinski definition) is 3. The third-order valence-corrected chi connectivity index (χ3v) is 4.83. The van der Waals surface area contributed by atoms with Crippen LogP contribution in [0.3, 0.4) is 0 Å². The number of aliphatic hydroxyl groups excluding tert-OH is 1. The van der Waals surface area contributed by atoms with Gasteiger partial charge >= 0.3 is 0 Å². The van der Waals surface area contributed by atoms with E-state index in [-0.39, 0.29) is 6.04 Å². The molecule has 3 rings (SSSR count). The van der Waals surface area contributed by atoms with Gasteiger partial charge in [0.1, 0.15) is 18.5 Å². The third-order valence-electron chi connectivity index (χ3n) is 4.83. The van der Waals surface area contributed by atoms with Crippen molar-refractivity contribution in [2.45, 2.75) is 57.7 Å². The molecular formula is C17H25NO2. The molecule has 1 aromatic rings. The zero-order valence-corrected chi connectivity index (χ0v) is 12.5. The van der Waals surface area contributed by atoms with Gasteiger partial charge in [0, 0.05) is 11.6 Å². The summed E-state index contributed by atoms with van der Waals surface area (Å²) in [4.78, 5) is 2.49. The van der Waals surface area contributed by atoms with Gasteiger partial charge in [-0.15, -0.1) is 0 Å². The predicted octanol–water partition coefficient (Wildman–Crippen LogP) is 3.05. The van der Waals surface area contributed by atoms with Gasteiger partial charge in [-0.25, -0.2) is 0 Å². The molecule has 1 fully saturated rings. The van der Waals surface area contributed by atoms with Gasteiger partial charge in [-0.05, 0) is 44.9 Å². The van der Waals surface area contributed by atoms with Gasteiger partial charge in [0.05, 0.1) is 6.04 Å². The molecule has 3 heteroatoms. The Bertz CT molecular complexity index is 474. The van der Waals surface area contributed by atoms with Crippen LogP contribution in [0.25, 0.3) is 0 Å². The highest BCUT2D eigenvalue weighted by Crippen LogP contribution is 2.37. The number of nitrogens with zero attached hydrogens (tertiary/aromatic N) is 1. The summed E-state index contributed by atoms with van der Waals surface area (Å²) in [6.07, 6.45) is 4.53. The number of likely N-dealkylation sites (tertiary alicyclic amines) is 1. The summed E-state index contributed by atoms with van der Waals surface area (Å²) in [5, 5.41) is 10.8. The van der Waals surface area contributed by atoms with Gasteiger partial charge in [0.25, 0.3) is 0 Å². The summed E-state index contributed by atoms with van der Waals surface area (Å²) in [5.41, 5.74) is 2.14. The van der Waals surface area contributed by atoms with Crippen molar-refractivity contribution < 1.29 is 9.84 Å². The highest BCUT2D eigenvalue weighted by Gasteiger charge is 2.37. The van der Waals surface area contributed by atoms with E-state index in [4.69, 9.17) is 4.74 Å². The molecule has 0 bridgehead atoms. The number of piperidine rings is 1. The van der Waals surface area contributed by atoms with E-state index in [2.05, 4.69) is 24.8 Å². The Morgan fingerprint density at radius 3 is 3.00 bits per heavy atom. The summed E-state index contributed by atoms with van der Waals surface area (Å²) in [6.45, 7) is 6.00. The van der Waals surface area contributed by atoms with E-state index < -0.39 is 6.10 Å².